The molecular weight excluding hydrogens is 274 g/mol. The molecule has 102 valence electrons. The zero-order chi connectivity index (χ0) is 13.7. The van der Waals surface area contributed by atoms with E-state index in [4.69, 9.17) is 23.2 Å². The van der Waals surface area contributed by atoms with Crippen molar-refractivity contribution in [3.8, 4) is 0 Å². The molecule has 0 aliphatic rings. The van der Waals surface area contributed by atoms with E-state index in [0.717, 1.165) is 25.1 Å². The predicted octanol–water partition coefficient (Wildman–Crippen LogP) is 3.73. The Kier molecular flexibility index (Phi) is 6.36. The Bertz CT molecular complexity index is 397. The second-order valence-corrected chi connectivity index (χ2v) is 5.43. The molecule has 1 unspecified atom stereocenters. The van der Waals surface area contributed by atoms with Crippen LogP contribution in [0.2, 0.25) is 10.0 Å². The van der Waals surface area contributed by atoms with Gasteiger partial charge in [0, 0.05) is 11.1 Å². The lowest BCUT2D eigenvalue weighted by Crippen LogP contribution is -2.24. The summed E-state index contributed by atoms with van der Waals surface area (Å²) in [6.07, 6.45) is 1.03. The average Bonchev–Trinajstić information content (AvgIpc) is 2.28. The van der Waals surface area contributed by atoms with Crippen LogP contribution in [0.3, 0.4) is 0 Å². The first-order chi connectivity index (χ1) is 8.41. The van der Waals surface area contributed by atoms with Crippen LogP contribution in [-0.2, 0) is 0 Å². The molecule has 2 nitrogen and oxygen atoms in total. The van der Waals surface area contributed by atoms with E-state index in [0.29, 0.717) is 5.02 Å². The summed E-state index contributed by atoms with van der Waals surface area (Å²) < 4.78 is 13.4. The van der Waals surface area contributed by atoms with Crippen LogP contribution in [0.4, 0.5) is 4.39 Å². The fourth-order valence-electron chi connectivity index (χ4n) is 1.69. The quantitative estimate of drug-likeness (QED) is 0.635. The van der Waals surface area contributed by atoms with Gasteiger partial charge in [0.05, 0.1) is 5.02 Å². The molecule has 5 heteroatoms. The Morgan fingerprint density at radius 2 is 1.94 bits per heavy atom. The molecule has 0 radical (unpaired) electrons. The van der Waals surface area contributed by atoms with Crippen LogP contribution in [-0.4, -0.2) is 32.1 Å². The highest BCUT2D eigenvalue weighted by molar-refractivity contribution is 6.35. The van der Waals surface area contributed by atoms with Gasteiger partial charge in [-0.1, -0.05) is 23.2 Å². The van der Waals surface area contributed by atoms with E-state index in [9.17, 15) is 4.39 Å². The standard InChI is InChI=1S/C13H19Cl2FN2/c1-9(17-5-4-6-18(2)3)10-7-13(16)12(15)8-11(10)14/h7-9,17H,4-6H2,1-3H3. The number of hydrogen-bond donors (Lipinski definition) is 1. The van der Waals surface area contributed by atoms with Crippen molar-refractivity contribution in [1.82, 2.24) is 10.2 Å². The monoisotopic (exact) mass is 292 g/mol. The minimum absolute atomic E-state index is 0.00595. The van der Waals surface area contributed by atoms with Crippen molar-refractivity contribution in [2.24, 2.45) is 0 Å². The number of hydrogen-bond acceptors (Lipinski definition) is 2. The van der Waals surface area contributed by atoms with Crippen molar-refractivity contribution in [1.29, 1.82) is 0 Å². The second-order valence-electron chi connectivity index (χ2n) is 4.62. The van der Waals surface area contributed by atoms with E-state index >= 15 is 0 Å². The molecule has 18 heavy (non-hydrogen) atoms. The lowest BCUT2D eigenvalue weighted by Gasteiger charge is -2.17. The van der Waals surface area contributed by atoms with Crippen LogP contribution < -0.4 is 5.32 Å². The van der Waals surface area contributed by atoms with E-state index in [-0.39, 0.29) is 11.1 Å². The molecule has 0 bridgehead atoms. The Morgan fingerprint density at radius 1 is 1.28 bits per heavy atom. The molecule has 0 heterocycles. The van der Waals surface area contributed by atoms with Gasteiger partial charge in [-0.2, -0.15) is 0 Å². The maximum absolute atomic E-state index is 13.4. The molecule has 1 N–H and O–H groups in total. The fraction of sp³-hybridized carbons (Fsp3) is 0.538. The third-order valence-corrected chi connectivity index (χ3v) is 3.36. The van der Waals surface area contributed by atoms with Gasteiger partial charge in [-0.15, -0.1) is 0 Å². The van der Waals surface area contributed by atoms with Crippen LogP contribution >= 0.6 is 23.2 Å². The first-order valence-corrected chi connectivity index (χ1v) is 6.70. The molecule has 1 atom stereocenters. The molecule has 1 aromatic rings. The highest BCUT2D eigenvalue weighted by Gasteiger charge is 2.12. The van der Waals surface area contributed by atoms with Crippen molar-refractivity contribution >= 4 is 23.2 Å². The summed E-state index contributed by atoms with van der Waals surface area (Å²) in [7, 11) is 4.07. The fourth-order valence-corrected chi connectivity index (χ4v) is 2.24. The third kappa shape index (κ3) is 4.73. The molecule has 1 rings (SSSR count). The normalized spacial score (nSPS) is 13.1. The Hall–Kier alpha value is -0.350. The molecular formula is C13H19Cl2FN2. The van der Waals surface area contributed by atoms with Crippen molar-refractivity contribution in [2.45, 2.75) is 19.4 Å². The number of benzene rings is 1. The Morgan fingerprint density at radius 3 is 2.56 bits per heavy atom. The van der Waals surface area contributed by atoms with Gasteiger partial charge in [-0.05, 0) is 58.2 Å². The average molecular weight is 293 g/mol. The zero-order valence-corrected chi connectivity index (χ0v) is 12.4. The number of rotatable bonds is 6. The van der Waals surface area contributed by atoms with Gasteiger partial charge in [0.2, 0.25) is 0 Å². The van der Waals surface area contributed by atoms with Crippen LogP contribution in [0, 0.1) is 5.82 Å². The predicted molar refractivity (Wildman–Crippen MR) is 76.0 cm³/mol. The topological polar surface area (TPSA) is 15.3 Å². The maximum Gasteiger partial charge on any atom is 0.142 e. The molecule has 1 aromatic carbocycles. The minimum Gasteiger partial charge on any atom is -0.310 e. The first-order valence-electron chi connectivity index (χ1n) is 5.94. The molecule has 0 fully saturated rings. The van der Waals surface area contributed by atoms with Gasteiger partial charge in [0.25, 0.3) is 0 Å². The smallest absolute Gasteiger partial charge is 0.142 e. The number of halogens is 3. The van der Waals surface area contributed by atoms with Gasteiger partial charge in [-0.3, -0.25) is 0 Å². The van der Waals surface area contributed by atoms with Crippen LogP contribution in [0.25, 0.3) is 0 Å². The van der Waals surface area contributed by atoms with Gasteiger partial charge in [0.1, 0.15) is 5.82 Å². The van der Waals surface area contributed by atoms with Crippen LogP contribution in [0.5, 0.6) is 0 Å². The van der Waals surface area contributed by atoms with Gasteiger partial charge >= 0.3 is 0 Å². The summed E-state index contributed by atoms with van der Waals surface area (Å²) in [5.41, 5.74) is 0.739. The van der Waals surface area contributed by atoms with Crippen molar-refractivity contribution in [3.05, 3.63) is 33.6 Å². The molecule has 0 aliphatic carbocycles. The lowest BCUT2D eigenvalue weighted by molar-refractivity contribution is 0.389. The van der Waals surface area contributed by atoms with Crippen LogP contribution in [0.15, 0.2) is 12.1 Å². The molecule has 0 spiro atoms. The van der Waals surface area contributed by atoms with E-state index in [2.05, 4.69) is 10.2 Å². The summed E-state index contributed by atoms with van der Waals surface area (Å²) in [4.78, 5) is 2.13. The van der Waals surface area contributed by atoms with E-state index in [1.165, 1.54) is 12.1 Å². The second kappa shape index (κ2) is 7.29. The molecule has 0 saturated carbocycles. The molecule has 0 amide bonds. The summed E-state index contributed by atoms with van der Waals surface area (Å²) in [6.45, 7) is 3.84. The summed E-state index contributed by atoms with van der Waals surface area (Å²) in [5, 5.41) is 3.87. The van der Waals surface area contributed by atoms with Crippen molar-refractivity contribution in [3.63, 3.8) is 0 Å². The maximum atomic E-state index is 13.4. The highest BCUT2D eigenvalue weighted by Crippen LogP contribution is 2.28. The van der Waals surface area contributed by atoms with Crippen molar-refractivity contribution in [2.75, 3.05) is 27.2 Å². The molecule has 0 aromatic heterocycles. The minimum atomic E-state index is -0.432. The zero-order valence-electron chi connectivity index (χ0n) is 10.9. The van der Waals surface area contributed by atoms with E-state index in [1.807, 2.05) is 21.0 Å². The largest absolute Gasteiger partial charge is 0.310 e. The van der Waals surface area contributed by atoms with Gasteiger partial charge in [-0.25, -0.2) is 4.39 Å². The van der Waals surface area contributed by atoms with E-state index in [1.54, 1.807) is 0 Å². The molecule has 0 aliphatic heterocycles. The van der Waals surface area contributed by atoms with Gasteiger partial charge < -0.3 is 10.2 Å². The molecule has 0 saturated heterocycles. The summed E-state index contributed by atoms with van der Waals surface area (Å²) >= 11 is 11.7. The van der Waals surface area contributed by atoms with E-state index < -0.39 is 5.82 Å². The van der Waals surface area contributed by atoms with Crippen molar-refractivity contribution < 1.29 is 4.39 Å². The summed E-state index contributed by atoms with van der Waals surface area (Å²) in [6, 6.07) is 2.85. The number of nitrogens with zero attached hydrogens (tertiary/aromatic N) is 1. The lowest BCUT2D eigenvalue weighted by atomic mass is 10.1. The Labute approximate surface area is 118 Å². The summed E-state index contributed by atoms with van der Waals surface area (Å²) in [5.74, 6) is -0.432. The Balaban J connectivity index is 2.56. The van der Waals surface area contributed by atoms with Gasteiger partial charge in [0.15, 0.2) is 0 Å². The van der Waals surface area contributed by atoms with Crippen LogP contribution in [0.1, 0.15) is 24.9 Å². The highest BCUT2D eigenvalue weighted by atomic mass is 35.5. The third-order valence-electron chi connectivity index (χ3n) is 2.74. The first kappa shape index (κ1) is 15.7. The SMILES string of the molecule is CC(NCCCN(C)C)c1cc(F)c(Cl)cc1Cl. The number of nitrogens with one attached hydrogen (secondary N) is 1.